The number of hydrogen-bond acceptors (Lipinski definition) is 8. The van der Waals surface area contributed by atoms with E-state index in [0.29, 0.717) is 19.4 Å². The number of carboxylic acid groups (broad SMARTS) is 1. The van der Waals surface area contributed by atoms with E-state index in [9.17, 15) is 14.4 Å². The molecule has 0 aliphatic carbocycles. The summed E-state index contributed by atoms with van der Waals surface area (Å²) < 4.78 is 11.6. The van der Waals surface area contributed by atoms with Crippen LogP contribution in [0.2, 0.25) is 0 Å². The van der Waals surface area contributed by atoms with E-state index in [2.05, 4.69) is 58.4 Å². The number of benzene rings is 6. The predicted molar refractivity (Wildman–Crippen MR) is 255 cm³/mol. The van der Waals surface area contributed by atoms with Gasteiger partial charge in [0.2, 0.25) is 0 Å². The molecule has 3 N–H and O–H groups in total. The molecule has 2 heterocycles. The topological polar surface area (TPSA) is 122 Å². The molecule has 64 heavy (non-hydrogen) atoms. The van der Waals surface area contributed by atoms with Crippen LogP contribution in [0.4, 0.5) is 0 Å². The van der Waals surface area contributed by atoms with Crippen molar-refractivity contribution in [1.29, 1.82) is 0 Å². The molecule has 2 aliphatic rings. The van der Waals surface area contributed by atoms with Crippen molar-refractivity contribution < 1.29 is 29.0 Å². The monoisotopic (exact) mass is 859 g/mol. The Morgan fingerprint density at radius 2 is 1.09 bits per heavy atom. The number of nitrogens with two attached hydrogens (primary N) is 1. The standard InChI is InChI=1S/C26H25NO2.C17H17NO2.C11H15NO2.CH4/c1-27-23(19-11-14-20-12-5-2-6-13-20)26(28)29-25(22-17-9-4-10-18-22)24(27)21-15-7-3-8-16-21;1-18-12-15(19)20-17(14-10-6-3-7-11-14)16(18)13-8-4-2-5-9-13;12-10(11(13)14)8-4-7-9-5-2-1-3-6-9;/h2-18,23-25H,19H2,1H3;2-11,16-17H,12H2,1H3;1-3,5-6,10H,4,7-8,12H2,(H,13,14);1H4/b14-11+;;;/t23-,24-,25+;16-,17+;10-;/m111./s1. The SMILES string of the molecule is C.CN1CC(=O)O[C@@H](c2ccccc2)[C@H]1c1ccccc1.CN1[C@H](C/C=C/c2ccccc2)C(=O)O[C@@H](c2ccccc2)[C@H]1c1ccccc1.N[C@H](CCCc1ccccc1)C(=O)O. The molecule has 2 aliphatic heterocycles. The first-order valence-corrected chi connectivity index (χ1v) is 21.5. The largest absolute Gasteiger partial charge is 0.480 e. The number of carbonyl (C=O) groups is 3. The fourth-order valence-corrected chi connectivity index (χ4v) is 8.00. The summed E-state index contributed by atoms with van der Waals surface area (Å²) in [6.07, 6.45) is 6.37. The summed E-state index contributed by atoms with van der Waals surface area (Å²) in [7, 11) is 3.99. The van der Waals surface area contributed by atoms with Gasteiger partial charge in [-0.15, -0.1) is 0 Å². The van der Waals surface area contributed by atoms with E-state index in [1.54, 1.807) is 0 Å². The van der Waals surface area contributed by atoms with Crippen LogP contribution in [-0.4, -0.2) is 65.5 Å². The molecule has 6 aromatic rings. The number of carboxylic acids is 1. The van der Waals surface area contributed by atoms with Crippen LogP contribution in [-0.2, 0) is 30.3 Å². The molecule has 9 nitrogen and oxygen atoms in total. The molecule has 2 saturated heterocycles. The fraction of sp³-hybridized carbons (Fsp3) is 0.255. The van der Waals surface area contributed by atoms with Gasteiger partial charge in [0.25, 0.3) is 0 Å². The molecule has 0 spiro atoms. The van der Waals surface area contributed by atoms with Crippen LogP contribution >= 0.6 is 0 Å². The average molecular weight is 860 g/mol. The highest BCUT2D eigenvalue weighted by atomic mass is 16.6. The number of aliphatic carboxylic acids is 1. The van der Waals surface area contributed by atoms with Crippen LogP contribution in [0, 0.1) is 0 Å². The number of ether oxygens (including phenoxy) is 2. The number of likely N-dealkylation sites (N-methyl/N-ethyl adjacent to an activating group) is 2. The van der Waals surface area contributed by atoms with Gasteiger partial charge in [-0.1, -0.05) is 202 Å². The Morgan fingerprint density at radius 3 is 1.59 bits per heavy atom. The second-order valence-electron chi connectivity index (χ2n) is 15.8. The third kappa shape index (κ3) is 13.7. The van der Waals surface area contributed by atoms with Gasteiger partial charge in [-0.3, -0.25) is 24.2 Å². The van der Waals surface area contributed by atoms with Crippen molar-refractivity contribution in [3.05, 3.63) is 221 Å². The highest BCUT2D eigenvalue weighted by Gasteiger charge is 2.43. The lowest BCUT2D eigenvalue weighted by Crippen LogP contribution is -2.49. The first-order chi connectivity index (χ1) is 30.7. The summed E-state index contributed by atoms with van der Waals surface area (Å²) in [6, 6.07) is 59.5. The third-order valence-electron chi connectivity index (χ3n) is 11.3. The number of carbonyl (C=O) groups excluding carboxylic acids is 2. The van der Waals surface area contributed by atoms with E-state index < -0.39 is 12.0 Å². The number of hydrogen-bond donors (Lipinski definition) is 2. The molecular formula is C55H61N3O6. The third-order valence-corrected chi connectivity index (χ3v) is 11.3. The lowest BCUT2D eigenvalue weighted by Gasteiger charge is -2.43. The van der Waals surface area contributed by atoms with E-state index in [1.165, 1.54) is 5.56 Å². The summed E-state index contributed by atoms with van der Waals surface area (Å²) in [4.78, 5) is 39.3. The lowest BCUT2D eigenvalue weighted by atomic mass is 9.91. The van der Waals surface area contributed by atoms with Gasteiger partial charge in [0.15, 0.2) is 0 Å². The second kappa shape index (κ2) is 24.8. The first-order valence-electron chi connectivity index (χ1n) is 21.5. The maximum Gasteiger partial charge on any atom is 0.324 e. The number of esters is 2. The van der Waals surface area contributed by atoms with Gasteiger partial charge < -0.3 is 20.3 Å². The van der Waals surface area contributed by atoms with Crippen molar-refractivity contribution in [2.45, 2.75) is 69.5 Å². The second-order valence-corrected chi connectivity index (χ2v) is 15.8. The molecule has 6 aromatic carbocycles. The minimum absolute atomic E-state index is 0. The molecule has 9 heteroatoms. The van der Waals surface area contributed by atoms with E-state index in [1.807, 2.05) is 160 Å². The van der Waals surface area contributed by atoms with E-state index >= 15 is 0 Å². The molecule has 8 rings (SSSR count). The van der Waals surface area contributed by atoms with Crippen LogP contribution in [0.15, 0.2) is 188 Å². The van der Waals surface area contributed by atoms with Gasteiger partial charge in [0.1, 0.15) is 24.3 Å². The Hall–Kier alpha value is -6.65. The number of cyclic esters (lactones) is 2. The number of morpholine rings is 2. The molecular weight excluding hydrogens is 799 g/mol. The zero-order chi connectivity index (χ0) is 44.4. The van der Waals surface area contributed by atoms with Crippen LogP contribution in [0.5, 0.6) is 0 Å². The Morgan fingerprint density at radius 1 is 0.656 bits per heavy atom. The summed E-state index contributed by atoms with van der Waals surface area (Å²) in [5.41, 5.74) is 12.1. The smallest absolute Gasteiger partial charge is 0.324 e. The molecule has 0 aromatic heterocycles. The average Bonchev–Trinajstić information content (AvgIpc) is 3.32. The van der Waals surface area contributed by atoms with Crippen LogP contribution in [0.1, 0.15) is 84.4 Å². The van der Waals surface area contributed by atoms with Crippen molar-refractivity contribution in [3.63, 3.8) is 0 Å². The minimum Gasteiger partial charge on any atom is -0.480 e. The Labute approximate surface area is 378 Å². The van der Waals surface area contributed by atoms with Crippen molar-refractivity contribution in [3.8, 4) is 0 Å². The van der Waals surface area contributed by atoms with Crippen molar-refractivity contribution in [2.75, 3.05) is 20.6 Å². The van der Waals surface area contributed by atoms with Crippen molar-refractivity contribution in [2.24, 2.45) is 5.73 Å². The van der Waals surface area contributed by atoms with Crippen LogP contribution in [0.25, 0.3) is 6.08 Å². The van der Waals surface area contributed by atoms with Gasteiger partial charge in [-0.25, -0.2) is 0 Å². The van der Waals surface area contributed by atoms with Gasteiger partial charge >= 0.3 is 17.9 Å². The number of aryl methyl sites for hydroxylation is 1. The highest BCUT2D eigenvalue weighted by Crippen LogP contribution is 2.42. The Kier molecular flexibility index (Phi) is 18.8. The summed E-state index contributed by atoms with van der Waals surface area (Å²) in [5.74, 6) is -1.27. The molecule has 6 atom stereocenters. The molecule has 2 fully saturated rings. The van der Waals surface area contributed by atoms with Gasteiger partial charge in [-0.05, 0) is 73.2 Å². The first kappa shape index (κ1) is 48.4. The van der Waals surface area contributed by atoms with Crippen LogP contribution in [0.3, 0.4) is 0 Å². The Balaban J connectivity index is 0.000000192. The molecule has 332 valence electrons. The molecule has 0 unspecified atom stereocenters. The number of rotatable bonds is 12. The maximum atomic E-state index is 12.9. The quantitative estimate of drug-likeness (QED) is 0.116. The van der Waals surface area contributed by atoms with E-state index in [4.69, 9.17) is 20.3 Å². The molecule has 0 amide bonds. The molecule has 0 bridgehead atoms. The van der Waals surface area contributed by atoms with E-state index in [0.717, 1.165) is 40.7 Å². The van der Waals surface area contributed by atoms with Crippen molar-refractivity contribution in [1.82, 2.24) is 9.80 Å². The Bertz CT molecular complexity index is 2320. The molecule has 0 radical (unpaired) electrons. The number of nitrogens with zero attached hydrogens (tertiary/aromatic N) is 2. The van der Waals surface area contributed by atoms with E-state index in [-0.39, 0.29) is 49.7 Å². The summed E-state index contributed by atoms with van der Waals surface area (Å²) >= 11 is 0. The zero-order valence-corrected chi connectivity index (χ0v) is 35.9. The zero-order valence-electron chi connectivity index (χ0n) is 35.9. The summed E-state index contributed by atoms with van der Waals surface area (Å²) in [5, 5.41) is 8.55. The van der Waals surface area contributed by atoms with Crippen LogP contribution < -0.4 is 5.73 Å². The molecule has 0 saturated carbocycles. The van der Waals surface area contributed by atoms with Gasteiger partial charge in [-0.2, -0.15) is 0 Å². The lowest BCUT2D eigenvalue weighted by molar-refractivity contribution is -0.173. The fourth-order valence-electron chi connectivity index (χ4n) is 8.00. The summed E-state index contributed by atoms with van der Waals surface area (Å²) in [6.45, 7) is 0.322. The van der Waals surface area contributed by atoms with Crippen molar-refractivity contribution >= 4 is 24.0 Å². The normalized spacial score (nSPS) is 20.2. The highest BCUT2D eigenvalue weighted by molar-refractivity contribution is 5.78. The van der Waals surface area contributed by atoms with Gasteiger partial charge in [0.05, 0.1) is 18.6 Å². The van der Waals surface area contributed by atoms with Gasteiger partial charge in [0, 0.05) is 0 Å². The predicted octanol–water partition coefficient (Wildman–Crippen LogP) is 10.4. The maximum absolute atomic E-state index is 12.9. The minimum atomic E-state index is -0.918.